The van der Waals surface area contributed by atoms with E-state index in [-0.39, 0.29) is 11.3 Å². The Balaban J connectivity index is 2.60. The first-order valence-electron chi connectivity index (χ1n) is 6.14. The predicted octanol–water partition coefficient (Wildman–Crippen LogP) is 4.99. The first-order valence-corrected chi connectivity index (χ1v) is 8.26. The summed E-state index contributed by atoms with van der Waals surface area (Å²) in [5.74, 6) is 0.608. The standard InChI is InChI=1S/C14H18Br2ClNO/c1-14(2,4-3-5-17)9-18-13(19)10-6-11(15)8-12(16)7-10/h6-8H,3-5,9H2,1-2H3,(H,18,19). The first-order chi connectivity index (χ1) is 8.84. The summed E-state index contributed by atoms with van der Waals surface area (Å²) in [5, 5.41) is 2.98. The third kappa shape index (κ3) is 6.28. The van der Waals surface area contributed by atoms with Gasteiger partial charge in [-0.1, -0.05) is 45.7 Å². The van der Waals surface area contributed by atoms with Gasteiger partial charge in [-0.25, -0.2) is 0 Å². The molecular formula is C14H18Br2ClNO. The van der Waals surface area contributed by atoms with Crippen LogP contribution in [-0.4, -0.2) is 18.3 Å². The summed E-state index contributed by atoms with van der Waals surface area (Å²) in [6, 6.07) is 5.53. The zero-order valence-electron chi connectivity index (χ0n) is 11.1. The fraction of sp³-hybridized carbons (Fsp3) is 0.500. The van der Waals surface area contributed by atoms with Crippen molar-refractivity contribution in [1.29, 1.82) is 0 Å². The van der Waals surface area contributed by atoms with Gasteiger partial charge in [0, 0.05) is 26.9 Å². The van der Waals surface area contributed by atoms with Crippen LogP contribution in [0.5, 0.6) is 0 Å². The summed E-state index contributed by atoms with van der Waals surface area (Å²) in [7, 11) is 0. The van der Waals surface area contributed by atoms with Crippen molar-refractivity contribution in [2.75, 3.05) is 12.4 Å². The predicted molar refractivity (Wildman–Crippen MR) is 87.9 cm³/mol. The van der Waals surface area contributed by atoms with Crippen molar-refractivity contribution in [3.05, 3.63) is 32.7 Å². The van der Waals surface area contributed by atoms with E-state index in [1.807, 2.05) is 18.2 Å². The van der Waals surface area contributed by atoms with Gasteiger partial charge in [-0.15, -0.1) is 11.6 Å². The third-order valence-corrected chi connectivity index (χ3v) is 4.02. The zero-order chi connectivity index (χ0) is 14.5. The average Bonchev–Trinajstić information content (AvgIpc) is 2.32. The Morgan fingerprint density at radius 1 is 1.26 bits per heavy atom. The number of hydrogen-bond acceptors (Lipinski definition) is 1. The van der Waals surface area contributed by atoms with Crippen molar-refractivity contribution >= 4 is 49.4 Å². The summed E-state index contributed by atoms with van der Waals surface area (Å²) in [6.45, 7) is 4.92. The number of alkyl halides is 1. The van der Waals surface area contributed by atoms with Crippen LogP contribution >= 0.6 is 43.5 Å². The topological polar surface area (TPSA) is 29.1 Å². The Hall–Kier alpha value is -0.0600. The van der Waals surface area contributed by atoms with Crippen molar-refractivity contribution in [3.63, 3.8) is 0 Å². The molecule has 0 aromatic heterocycles. The Morgan fingerprint density at radius 3 is 2.37 bits per heavy atom. The van der Waals surface area contributed by atoms with Gasteiger partial charge < -0.3 is 5.32 Å². The maximum absolute atomic E-state index is 12.1. The molecule has 0 aliphatic rings. The lowest BCUT2D eigenvalue weighted by atomic mass is 9.88. The van der Waals surface area contributed by atoms with Crippen LogP contribution in [0.4, 0.5) is 0 Å². The van der Waals surface area contributed by atoms with Gasteiger partial charge in [0.05, 0.1) is 0 Å². The Kier molecular flexibility index (Phi) is 6.84. The molecule has 0 aliphatic carbocycles. The Bertz CT molecular complexity index is 429. The molecule has 106 valence electrons. The number of amides is 1. The molecule has 0 atom stereocenters. The first kappa shape index (κ1) is 17.0. The molecule has 0 radical (unpaired) electrons. The molecular weight excluding hydrogens is 393 g/mol. The Morgan fingerprint density at radius 2 is 1.84 bits per heavy atom. The summed E-state index contributed by atoms with van der Waals surface area (Å²) in [5.41, 5.74) is 0.711. The van der Waals surface area contributed by atoms with Crippen LogP contribution in [0, 0.1) is 5.41 Å². The van der Waals surface area contributed by atoms with E-state index in [1.165, 1.54) is 0 Å². The van der Waals surface area contributed by atoms with Gasteiger partial charge in [0.25, 0.3) is 5.91 Å². The van der Waals surface area contributed by atoms with Crippen LogP contribution in [0.25, 0.3) is 0 Å². The van der Waals surface area contributed by atoms with Crippen LogP contribution < -0.4 is 5.32 Å². The average molecular weight is 412 g/mol. The van der Waals surface area contributed by atoms with Gasteiger partial charge in [-0.3, -0.25) is 4.79 Å². The van der Waals surface area contributed by atoms with Gasteiger partial charge in [0.1, 0.15) is 0 Å². The normalized spacial score (nSPS) is 11.4. The molecule has 1 N–H and O–H groups in total. The fourth-order valence-corrected chi connectivity index (χ4v) is 3.17. The van der Waals surface area contributed by atoms with Crippen molar-refractivity contribution in [3.8, 4) is 0 Å². The molecule has 5 heteroatoms. The van der Waals surface area contributed by atoms with Gasteiger partial charge in [-0.05, 0) is 36.5 Å². The van der Waals surface area contributed by atoms with E-state index in [2.05, 4.69) is 51.0 Å². The van der Waals surface area contributed by atoms with Gasteiger partial charge in [0.15, 0.2) is 0 Å². The second-order valence-corrected chi connectivity index (χ2v) is 7.51. The monoisotopic (exact) mass is 409 g/mol. The van der Waals surface area contributed by atoms with Crippen LogP contribution in [-0.2, 0) is 0 Å². The Labute approximate surface area is 136 Å². The number of carbonyl (C=O) groups is 1. The molecule has 1 aromatic carbocycles. The highest BCUT2D eigenvalue weighted by Crippen LogP contribution is 2.23. The van der Waals surface area contributed by atoms with Gasteiger partial charge >= 0.3 is 0 Å². The quantitative estimate of drug-likeness (QED) is 0.657. The molecule has 0 spiro atoms. The maximum atomic E-state index is 12.1. The summed E-state index contributed by atoms with van der Waals surface area (Å²) in [6.07, 6.45) is 1.96. The highest BCUT2D eigenvalue weighted by atomic mass is 79.9. The van der Waals surface area contributed by atoms with Crippen LogP contribution in [0.1, 0.15) is 37.0 Å². The number of nitrogens with one attached hydrogen (secondary N) is 1. The molecule has 0 saturated carbocycles. The largest absolute Gasteiger partial charge is 0.352 e. The molecule has 0 bridgehead atoms. The van der Waals surface area contributed by atoms with E-state index in [0.29, 0.717) is 18.0 Å². The van der Waals surface area contributed by atoms with E-state index in [4.69, 9.17) is 11.6 Å². The van der Waals surface area contributed by atoms with E-state index >= 15 is 0 Å². The molecule has 1 amide bonds. The molecule has 1 rings (SSSR count). The van der Waals surface area contributed by atoms with Crippen LogP contribution in [0.15, 0.2) is 27.1 Å². The lowest BCUT2D eigenvalue weighted by Crippen LogP contribution is -2.34. The summed E-state index contributed by atoms with van der Waals surface area (Å²) in [4.78, 5) is 12.1. The van der Waals surface area contributed by atoms with Crippen molar-refractivity contribution < 1.29 is 4.79 Å². The van der Waals surface area contributed by atoms with Crippen LogP contribution in [0.2, 0.25) is 0 Å². The van der Waals surface area contributed by atoms with Crippen molar-refractivity contribution in [1.82, 2.24) is 5.32 Å². The molecule has 0 aliphatic heterocycles. The lowest BCUT2D eigenvalue weighted by Gasteiger charge is -2.24. The SMILES string of the molecule is CC(C)(CCCCl)CNC(=O)c1cc(Br)cc(Br)c1. The molecule has 19 heavy (non-hydrogen) atoms. The number of rotatable bonds is 6. The molecule has 0 saturated heterocycles. The molecule has 0 unspecified atom stereocenters. The van der Waals surface area contributed by atoms with Crippen LogP contribution in [0.3, 0.4) is 0 Å². The molecule has 1 aromatic rings. The number of hydrogen-bond donors (Lipinski definition) is 1. The summed E-state index contributed by atoms with van der Waals surface area (Å²) < 4.78 is 1.77. The molecule has 0 fully saturated rings. The minimum Gasteiger partial charge on any atom is -0.352 e. The number of carbonyl (C=O) groups excluding carboxylic acids is 1. The van der Waals surface area contributed by atoms with Crippen molar-refractivity contribution in [2.24, 2.45) is 5.41 Å². The minimum absolute atomic E-state index is 0.0547. The van der Waals surface area contributed by atoms with E-state index < -0.39 is 0 Å². The van der Waals surface area contributed by atoms with E-state index in [1.54, 1.807) is 0 Å². The second kappa shape index (κ2) is 7.65. The maximum Gasteiger partial charge on any atom is 0.251 e. The molecule has 0 heterocycles. The smallest absolute Gasteiger partial charge is 0.251 e. The van der Waals surface area contributed by atoms with Gasteiger partial charge in [0.2, 0.25) is 0 Å². The molecule has 2 nitrogen and oxygen atoms in total. The highest BCUT2D eigenvalue weighted by molar-refractivity contribution is 9.11. The second-order valence-electron chi connectivity index (χ2n) is 5.30. The lowest BCUT2D eigenvalue weighted by molar-refractivity contribution is 0.0934. The fourth-order valence-electron chi connectivity index (χ4n) is 1.74. The van der Waals surface area contributed by atoms with Crippen molar-refractivity contribution in [2.45, 2.75) is 26.7 Å². The minimum atomic E-state index is -0.0547. The summed E-state index contributed by atoms with van der Waals surface area (Å²) >= 11 is 12.5. The third-order valence-electron chi connectivity index (χ3n) is 2.84. The van der Waals surface area contributed by atoms with E-state index in [0.717, 1.165) is 21.8 Å². The zero-order valence-corrected chi connectivity index (χ0v) is 15.0. The highest BCUT2D eigenvalue weighted by Gasteiger charge is 2.19. The van der Waals surface area contributed by atoms with Gasteiger partial charge in [-0.2, -0.15) is 0 Å². The number of halogens is 3. The number of benzene rings is 1. The van der Waals surface area contributed by atoms with E-state index in [9.17, 15) is 4.79 Å².